The molecule has 5 rings (SSSR count). The van der Waals surface area contributed by atoms with Gasteiger partial charge >= 0.3 is 272 Å². The zero-order chi connectivity index (χ0) is 32.2. The molecular formula is C42H62Cl2Hf. The van der Waals surface area contributed by atoms with Gasteiger partial charge in [-0.1, -0.05) is 0 Å². The number of halogens is 2. The Kier molecular flexibility index (Phi) is 10.7. The number of fused-ring (bicyclic) bond motifs is 2. The van der Waals surface area contributed by atoms with Gasteiger partial charge in [-0.15, -0.1) is 0 Å². The molecule has 3 heteroatoms. The largest absolute Gasteiger partial charge is 1.00 e. The van der Waals surface area contributed by atoms with E-state index in [1.54, 1.807) is 55.7 Å². The molecule has 0 amide bonds. The van der Waals surface area contributed by atoms with Gasteiger partial charge in [-0.3, -0.25) is 0 Å². The fraction of sp³-hybridized carbons (Fsp3) is 0.619. The van der Waals surface area contributed by atoms with Crippen LogP contribution in [0.5, 0.6) is 0 Å². The van der Waals surface area contributed by atoms with Crippen LogP contribution in [0.25, 0.3) is 12.2 Å². The van der Waals surface area contributed by atoms with Gasteiger partial charge in [0.05, 0.1) is 0 Å². The minimum absolute atomic E-state index is 0. The molecule has 0 spiro atoms. The van der Waals surface area contributed by atoms with E-state index in [0.717, 1.165) is 0 Å². The molecule has 0 nitrogen and oxygen atoms in total. The third-order valence-corrected chi connectivity index (χ3v) is 29.7. The fourth-order valence-corrected chi connectivity index (χ4v) is 37.8. The average molecular weight is 816 g/mol. The van der Waals surface area contributed by atoms with Gasteiger partial charge in [0, 0.05) is 0 Å². The van der Waals surface area contributed by atoms with Crippen LogP contribution in [0.1, 0.15) is 163 Å². The Labute approximate surface area is 294 Å². The quantitative estimate of drug-likeness (QED) is 0.299. The van der Waals surface area contributed by atoms with Crippen molar-refractivity contribution in [3.05, 3.63) is 79.9 Å². The summed E-state index contributed by atoms with van der Waals surface area (Å²) in [5.74, 6) is 1.15. The summed E-state index contributed by atoms with van der Waals surface area (Å²) in [5, 5.41) is 0. The fourth-order valence-electron chi connectivity index (χ4n) is 8.78. The van der Waals surface area contributed by atoms with Gasteiger partial charge in [0.2, 0.25) is 0 Å². The summed E-state index contributed by atoms with van der Waals surface area (Å²) in [4.78, 5) is 0. The van der Waals surface area contributed by atoms with Crippen LogP contribution in [-0.4, -0.2) is 0 Å². The van der Waals surface area contributed by atoms with E-state index in [9.17, 15) is 0 Å². The second-order valence-corrected chi connectivity index (χ2v) is 35.8. The van der Waals surface area contributed by atoms with Crippen molar-refractivity contribution < 1.29 is 44.8 Å². The van der Waals surface area contributed by atoms with E-state index in [1.165, 1.54) is 8.35 Å². The first kappa shape index (κ1) is 38.8. The molecule has 1 aliphatic heterocycles. The summed E-state index contributed by atoms with van der Waals surface area (Å²) in [6.45, 7) is 39.2. The molecule has 1 fully saturated rings. The Bertz CT molecular complexity index is 1390. The van der Waals surface area contributed by atoms with E-state index in [0.29, 0.717) is 19.2 Å². The maximum atomic E-state index is 2.73. The van der Waals surface area contributed by atoms with Crippen molar-refractivity contribution in [2.24, 2.45) is 11.8 Å². The summed E-state index contributed by atoms with van der Waals surface area (Å²) in [6, 6.07) is 10.1. The van der Waals surface area contributed by atoms with Crippen molar-refractivity contribution in [1.82, 2.24) is 0 Å². The number of hydrogen-bond acceptors (Lipinski definition) is 0. The summed E-state index contributed by atoms with van der Waals surface area (Å²) in [7, 11) is 0. The molecule has 2 aromatic rings. The van der Waals surface area contributed by atoms with Crippen molar-refractivity contribution in [3.63, 3.8) is 0 Å². The van der Waals surface area contributed by atoms with Gasteiger partial charge in [-0.05, 0) is 0 Å². The second-order valence-electron chi connectivity index (χ2n) is 19.2. The number of allylic oxidation sites excluding steroid dienone is 2. The standard InChI is InChI=1S/2C20H29.C2H4.2ClH.Hf/c2*1-13(2)14-11-15-16(12-14)18(20(6,7)8)10-9-17(15)19(3,4)5;1-2;;;/h2*9-13H,1-8H3;1-2H2;2*1H;/q;;;;;+2/p-2. The van der Waals surface area contributed by atoms with E-state index in [-0.39, 0.29) is 46.5 Å². The van der Waals surface area contributed by atoms with Gasteiger partial charge in [0.25, 0.3) is 0 Å². The van der Waals surface area contributed by atoms with Crippen LogP contribution in [0.4, 0.5) is 0 Å². The summed E-state index contributed by atoms with van der Waals surface area (Å²) >= 11 is -3.11. The van der Waals surface area contributed by atoms with Crippen molar-refractivity contribution in [2.45, 2.75) is 148 Å². The molecule has 248 valence electrons. The summed E-state index contributed by atoms with van der Waals surface area (Å²) in [6.07, 6.45) is 5.46. The van der Waals surface area contributed by atoms with Gasteiger partial charge < -0.3 is 24.8 Å². The molecule has 0 saturated carbocycles. The molecule has 0 N–H and O–H groups in total. The molecule has 2 atom stereocenters. The Morgan fingerprint density at radius 2 is 0.756 bits per heavy atom. The molecular weight excluding hydrogens is 754 g/mol. The number of rotatable bonds is 4. The molecule has 3 aliphatic rings. The molecule has 2 aliphatic carbocycles. The summed E-state index contributed by atoms with van der Waals surface area (Å²) in [5.41, 5.74) is 17.2. The monoisotopic (exact) mass is 816 g/mol. The Balaban J connectivity index is 0.00000276. The van der Waals surface area contributed by atoms with Crippen LogP contribution in [0, 0.1) is 11.8 Å². The van der Waals surface area contributed by atoms with Crippen molar-refractivity contribution in [3.8, 4) is 0 Å². The predicted octanol–water partition coefficient (Wildman–Crippen LogP) is 6.78. The van der Waals surface area contributed by atoms with Crippen molar-refractivity contribution in [2.75, 3.05) is 0 Å². The average Bonchev–Trinajstić information content (AvgIpc) is 3.35. The predicted molar refractivity (Wildman–Crippen MR) is 188 cm³/mol. The maximum Gasteiger partial charge on any atom is -1.00 e. The van der Waals surface area contributed by atoms with E-state index >= 15 is 0 Å². The van der Waals surface area contributed by atoms with Crippen LogP contribution in [0.3, 0.4) is 0 Å². The first-order valence-corrected chi connectivity index (χ1v) is 26.5. The van der Waals surface area contributed by atoms with Gasteiger partial charge in [-0.25, -0.2) is 0 Å². The van der Waals surface area contributed by atoms with E-state index in [4.69, 9.17) is 0 Å². The van der Waals surface area contributed by atoms with Gasteiger partial charge in [0.1, 0.15) is 0 Å². The Morgan fingerprint density at radius 3 is 0.978 bits per heavy atom. The molecule has 0 bridgehead atoms. The summed E-state index contributed by atoms with van der Waals surface area (Å²) < 4.78 is 4.43. The first-order valence-electron chi connectivity index (χ1n) is 17.3. The van der Waals surface area contributed by atoms with Gasteiger partial charge in [-0.2, -0.15) is 0 Å². The number of benzene rings is 2. The third kappa shape index (κ3) is 6.56. The number of hydrogen-bond donors (Lipinski definition) is 0. The van der Waals surface area contributed by atoms with Crippen LogP contribution >= 0.6 is 0 Å². The minimum Gasteiger partial charge on any atom is -1.00 e. The van der Waals surface area contributed by atoms with Crippen LogP contribution in [0.15, 0.2) is 35.4 Å². The molecule has 1 saturated heterocycles. The van der Waals surface area contributed by atoms with E-state index < -0.39 is 20.0 Å². The molecule has 45 heavy (non-hydrogen) atoms. The molecule has 2 aromatic carbocycles. The molecule has 0 radical (unpaired) electrons. The molecule has 1 heterocycles. The van der Waals surface area contributed by atoms with E-state index in [1.807, 2.05) is 0 Å². The zero-order valence-electron chi connectivity index (χ0n) is 31.4. The molecule has 0 aromatic heterocycles. The van der Waals surface area contributed by atoms with Crippen molar-refractivity contribution >= 4 is 12.2 Å². The first-order chi connectivity index (χ1) is 19.5. The zero-order valence-corrected chi connectivity index (χ0v) is 36.5. The normalized spacial score (nSPS) is 20.0. The van der Waals surface area contributed by atoms with Gasteiger partial charge in [0.15, 0.2) is 0 Å². The second kappa shape index (κ2) is 12.4. The molecule has 2 unspecified atom stereocenters. The van der Waals surface area contributed by atoms with Crippen LogP contribution < -0.4 is 24.8 Å². The maximum absolute atomic E-state index is 3.11. The smallest absolute Gasteiger partial charge is 1.00 e. The third-order valence-electron chi connectivity index (χ3n) is 11.0. The topological polar surface area (TPSA) is 0 Å². The van der Waals surface area contributed by atoms with Crippen LogP contribution in [0.2, 0.25) is 8.35 Å². The van der Waals surface area contributed by atoms with Crippen LogP contribution in [-0.2, 0) is 41.6 Å². The van der Waals surface area contributed by atoms with Crippen molar-refractivity contribution in [1.29, 1.82) is 0 Å². The van der Waals surface area contributed by atoms with E-state index in [2.05, 4.69) is 147 Å². The minimum atomic E-state index is -3.11. The Morgan fingerprint density at radius 1 is 0.489 bits per heavy atom. The Hall–Kier alpha value is -0.630. The SMILES string of the molecule is CC(C)C1=Cc2c(C(C)(C)C)ccc(C(C)(C)C)c2[CH]1[Hf+2]1([CH]2C(C(C)C)=Cc3c(C(C)(C)C)ccc(C(C)(C)C)c32)[CH2][CH2]1.[Cl-].[Cl-].